The molecule has 1 fully saturated rings. The van der Waals surface area contributed by atoms with Gasteiger partial charge < -0.3 is 4.90 Å². The number of likely N-dealkylation sites (tertiary alicyclic amines) is 1. The molecule has 1 heterocycles. The van der Waals surface area contributed by atoms with Gasteiger partial charge in [0, 0.05) is 18.2 Å². The highest BCUT2D eigenvalue weighted by Crippen LogP contribution is 2.17. The van der Waals surface area contributed by atoms with Gasteiger partial charge in [0.05, 0.1) is 0 Å². The standard InChI is InChI=1S/C9H15NO/c1-7(2)9(11)10-6-4-5-8(10)3/h8H,1,4-6H2,2-3H3/t8-/m1/s1. The summed E-state index contributed by atoms with van der Waals surface area (Å²) in [7, 11) is 0. The molecule has 0 spiro atoms. The zero-order chi connectivity index (χ0) is 8.43. The van der Waals surface area contributed by atoms with Crippen LogP contribution >= 0.6 is 0 Å². The summed E-state index contributed by atoms with van der Waals surface area (Å²) in [6, 6.07) is 0.416. The van der Waals surface area contributed by atoms with Crippen molar-refractivity contribution in [3.8, 4) is 0 Å². The van der Waals surface area contributed by atoms with Crippen LogP contribution in [0.1, 0.15) is 26.7 Å². The van der Waals surface area contributed by atoms with Crippen molar-refractivity contribution in [2.24, 2.45) is 0 Å². The van der Waals surface area contributed by atoms with Crippen molar-refractivity contribution in [1.82, 2.24) is 4.90 Å². The van der Waals surface area contributed by atoms with Crippen LogP contribution in [0, 0.1) is 0 Å². The molecule has 1 saturated heterocycles. The van der Waals surface area contributed by atoms with Gasteiger partial charge in [0.15, 0.2) is 0 Å². The molecule has 0 radical (unpaired) electrons. The van der Waals surface area contributed by atoms with E-state index in [0.717, 1.165) is 19.4 Å². The third kappa shape index (κ3) is 1.62. The molecule has 0 aliphatic carbocycles. The summed E-state index contributed by atoms with van der Waals surface area (Å²) in [5, 5.41) is 0. The number of nitrogens with zero attached hydrogens (tertiary/aromatic N) is 1. The van der Waals surface area contributed by atoms with Gasteiger partial charge in [-0.05, 0) is 26.7 Å². The van der Waals surface area contributed by atoms with Crippen molar-refractivity contribution in [3.05, 3.63) is 12.2 Å². The molecule has 2 heteroatoms. The number of hydrogen-bond acceptors (Lipinski definition) is 1. The Balaban J connectivity index is 2.60. The van der Waals surface area contributed by atoms with E-state index in [-0.39, 0.29) is 5.91 Å². The molecule has 1 amide bonds. The van der Waals surface area contributed by atoms with E-state index in [4.69, 9.17) is 0 Å². The summed E-state index contributed by atoms with van der Waals surface area (Å²) < 4.78 is 0. The summed E-state index contributed by atoms with van der Waals surface area (Å²) in [4.78, 5) is 13.3. The molecule has 0 aromatic carbocycles. The minimum atomic E-state index is 0.120. The molecule has 0 saturated carbocycles. The predicted octanol–water partition coefficient (Wildman–Crippen LogP) is 1.57. The van der Waals surface area contributed by atoms with Crippen LogP contribution in [0.4, 0.5) is 0 Å². The van der Waals surface area contributed by atoms with Crippen molar-refractivity contribution < 1.29 is 4.79 Å². The van der Waals surface area contributed by atoms with Crippen molar-refractivity contribution in [3.63, 3.8) is 0 Å². The molecule has 0 unspecified atom stereocenters. The molecule has 1 aliphatic heterocycles. The SMILES string of the molecule is C=C(C)C(=O)N1CCC[C@H]1C. The van der Waals surface area contributed by atoms with E-state index in [1.807, 2.05) is 4.90 Å². The zero-order valence-corrected chi connectivity index (χ0v) is 7.26. The van der Waals surface area contributed by atoms with E-state index < -0.39 is 0 Å². The lowest BCUT2D eigenvalue weighted by atomic mass is 10.2. The fourth-order valence-corrected chi connectivity index (χ4v) is 1.48. The lowest BCUT2D eigenvalue weighted by Gasteiger charge is -2.21. The van der Waals surface area contributed by atoms with Gasteiger partial charge in [-0.2, -0.15) is 0 Å². The fourth-order valence-electron chi connectivity index (χ4n) is 1.48. The molecule has 11 heavy (non-hydrogen) atoms. The Labute approximate surface area is 67.9 Å². The summed E-state index contributed by atoms with van der Waals surface area (Å²) in [6.45, 7) is 8.41. The molecule has 2 nitrogen and oxygen atoms in total. The third-order valence-electron chi connectivity index (χ3n) is 2.18. The Morgan fingerprint density at radius 1 is 1.64 bits per heavy atom. The van der Waals surface area contributed by atoms with Crippen LogP contribution in [-0.4, -0.2) is 23.4 Å². The second-order valence-corrected chi connectivity index (χ2v) is 3.27. The molecular formula is C9H15NO. The highest BCUT2D eigenvalue weighted by Gasteiger charge is 2.24. The van der Waals surface area contributed by atoms with Crippen LogP contribution in [-0.2, 0) is 4.79 Å². The molecule has 1 atom stereocenters. The Morgan fingerprint density at radius 2 is 2.27 bits per heavy atom. The largest absolute Gasteiger partial charge is 0.336 e. The van der Waals surface area contributed by atoms with Crippen LogP contribution in [0.25, 0.3) is 0 Å². The van der Waals surface area contributed by atoms with Crippen molar-refractivity contribution >= 4 is 5.91 Å². The van der Waals surface area contributed by atoms with Crippen molar-refractivity contribution in [2.75, 3.05) is 6.54 Å². The first-order chi connectivity index (χ1) is 5.13. The summed E-state index contributed by atoms with van der Waals surface area (Å²) in [6.07, 6.45) is 2.28. The van der Waals surface area contributed by atoms with Crippen LogP contribution in [0.5, 0.6) is 0 Å². The first-order valence-corrected chi connectivity index (χ1v) is 4.09. The first-order valence-electron chi connectivity index (χ1n) is 4.09. The maximum atomic E-state index is 11.4. The van der Waals surface area contributed by atoms with Crippen LogP contribution in [0.3, 0.4) is 0 Å². The first kappa shape index (κ1) is 8.31. The van der Waals surface area contributed by atoms with Crippen molar-refractivity contribution in [1.29, 1.82) is 0 Å². The molecule has 62 valence electrons. The lowest BCUT2D eigenvalue weighted by Crippen LogP contribution is -2.33. The van der Waals surface area contributed by atoms with E-state index in [9.17, 15) is 4.79 Å². The molecule has 1 aliphatic rings. The highest BCUT2D eigenvalue weighted by atomic mass is 16.2. The van der Waals surface area contributed by atoms with Crippen LogP contribution in [0.2, 0.25) is 0 Å². The maximum Gasteiger partial charge on any atom is 0.249 e. The second kappa shape index (κ2) is 3.07. The number of carbonyl (C=O) groups is 1. The highest BCUT2D eigenvalue weighted by molar-refractivity contribution is 5.92. The molecule has 0 aromatic rings. The van der Waals surface area contributed by atoms with Gasteiger partial charge in [0.2, 0.25) is 5.91 Å². The Hall–Kier alpha value is -0.790. The van der Waals surface area contributed by atoms with Gasteiger partial charge in [-0.25, -0.2) is 0 Å². The van der Waals surface area contributed by atoms with Crippen LogP contribution < -0.4 is 0 Å². The van der Waals surface area contributed by atoms with Gasteiger partial charge in [0.1, 0.15) is 0 Å². The molecular weight excluding hydrogens is 138 g/mol. The van der Waals surface area contributed by atoms with E-state index in [2.05, 4.69) is 13.5 Å². The number of hydrogen-bond donors (Lipinski definition) is 0. The Kier molecular flexibility index (Phi) is 2.32. The lowest BCUT2D eigenvalue weighted by molar-refractivity contribution is -0.127. The van der Waals surface area contributed by atoms with Gasteiger partial charge in [-0.15, -0.1) is 0 Å². The predicted molar refractivity (Wildman–Crippen MR) is 45.2 cm³/mol. The second-order valence-electron chi connectivity index (χ2n) is 3.27. The van der Waals surface area contributed by atoms with E-state index in [0.29, 0.717) is 11.6 Å². The number of carbonyl (C=O) groups excluding carboxylic acids is 1. The van der Waals surface area contributed by atoms with E-state index in [1.54, 1.807) is 6.92 Å². The van der Waals surface area contributed by atoms with Gasteiger partial charge in [-0.1, -0.05) is 6.58 Å². The van der Waals surface area contributed by atoms with Gasteiger partial charge in [0.25, 0.3) is 0 Å². The Morgan fingerprint density at radius 3 is 2.64 bits per heavy atom. The van der Waals surface area contributed by atoms with Crippen LogP contribution in [0.15, 0.2) is 12.2 Å². The molecule has 1 rings (SSSR count). The average Bonchev–Trinajstić information content (AvgIpc) is 2.33. The summed E-state index contributed by atoms with van der Waals surface area (Å²) >= 11 is 0. The minimum Gasteiger partial charge on any atom is -0.336 e. The monoisotopic (exact) mass is 153 g/mol. The fraction of sp³-hybridized carbons (Fsp3) is 0.667. The van der Waals surface area contributed by atoms with Crippen molar-refractivity contribution in [2.45, 2.75) is 32.7 Å². The maximum absolute atomic E-state index is 11.4. The average molecular weight is 153 g/mol. The molecule has 0 bridgehead atoms. The topological polar surface area (TPSA) is 20.3 Å². The molecule has 0 N–H and O–H groups in total. The quantitative estimate of drug-likeness (QED) is 0.524. The number of rotatable bonds is 1. The third-order valence-corrected chi connectivity index (χ3v) is 2.18. The number of amides is 1. The van der Waals surface area contributed by atoms with E-state index in [1.165, 1.54) is 0 Å². The zero-order valence-electron chi connectivity index (χ0n) is 7.26. The van der Waals surface area contributed by atoms with Gasteiger partial charge in [-0.3, -0.25) is 4.79 Å². The van der Waals surface area contributed by atoms with E-state index >= 15 is 0 Å². The summed E-state index contributed by atoms with van der Waals surface area (Å²) in [5.74, 6) is 0.120. The minimum absolute atomic E-state index is 0.120. The smallest absolute Gasteiger partial charge is 0.249 e. The Bertz CT molecular complexity index is 186. The van der Waals surface area contributed by atoms with Gasteiger partial charge >= 0.3 is 0 Å². The summed E-state index contributed by atoms with van der Waals surface area (Å²) in [5.41, 5.74) is 0.652. The normalized spacial score (nSPS) is 23.8. The molecule has 0 aromatic heterocycles.